The van der Waals surface area contributed by atoms with Crippen LogP contribution in [0.4, 0.5) is 8.78 Å². The van der Waals surface area contributed by atoms with E-state index in [2.05, 4.69) is 26.1 Å². The molecule has 1 fully saturated rings. The van der Waals surface area contributed by atoms with E-state index in [1.54, 1.807) is 0 Å². The molecule has 2 aromatic rings. The van der Waals surface area contributed by atoms with Crippen molar-refractivity contribution in [3.8, 4) is 0 Å². The van der Waals surface area contributed by atoms with E-state index in [9.17, 15) is 18.4 Å². The first-order valence-corrected chi connectivity index (χ1v) is 9.19. The molecule has 0 radical (unpaired) electrons. The van der Waals surface area contributed by atoms with Crippen LogP contribution in [0.3, 0.4) is 0 Å². The Morgan fingerprint density at radius 1 is 1.25 bits per heavy atom. The molecule has 2 amide bonds. The highest BCUT2D eigenvalue weighted by molar-refractivity contribution is 5.94. The Labute approximate surface area is 159 Å². The molecule has 1 saturated heterocycles. The largest absolute Gasteiger partial charge is 0.348 e. The number of aryl methyl sites for hydroxylation is 1. The summed E-state index contributed by atoms with van der Waals surface area (Å²) in [5.74, 6) is -1.08. The number of aromatic nitrogens is 3. The van der Waals surface area contributed by atoms with Crippen LogP contribution in [0.1, 0.15) is 34.8 Å². The molecule has 3 heterocycles. The fraction of sp³-hybridized carbons (Fsp3) is 0.444. The average molecular weight is 390 g/mol. The highest BCUT2D eigenvalue weighted by atomic mass is 19.2. The molecule has 1 aromatic carbocycles. The molecule has 28 heavy (non-hydrogen) atoms. The Bertz CT molecular complexity index is 915. The van der Waals surface area contributed by atoms with E-state index in [1.165, 1.54) is 6.07 Å². The normalized spacial score (nSPS) is 20.8. The number of carbonyl (C=O) groups excluding carboxylic acids is 2. The van der Waals surface area contributed by atoms with Crippen LogP contribution in [0.15, 0.2) is 18.2 Å². The smallest absolute Gasteiger partial charge is 0.251 e. The minimum Gasteiger partial charge on any atom is -0.348 e. The zero-order valence-corrected chi connectivity index (χ0v) is 15.0. The van der Waals surface area contributed by atoms with Crippen molar-refractivity contribution in [3.63, 3.8) is 0 Å². The number of fused-ring (bicyclic) bond motifs is 1. The number of halogens is 2. The molecule has 0 unspecified atom stereocenters. The maximum Gasteiger partial charge on any atom is 0.251 e. The van der Waals surface area contributed by atoms with Gasteiger partial charge in [-0.2, -0.15) is 0 Å². The van der Waals surface area contributed by atoms with Crippen molar-refractivity contribution in [2.24, 2.45) is 0 Å². The lowest BCUT2D eigenvalue weighted by Gasteiger charge is -2.13. The molecule has 0 saturated carbocycles. The number of amides is 2. The Kier molecular flexibility index (Phi) is 5.03. The van der Waals surface area contributed by atoms with E-state index in [1.807, 2.05) is 4.57 Å². The van der Waals surface area contributed by atoms with Crippen LogP contribution in [-0.4, -0.2) is 45.2 Å². The van der Waals surface area contributed by atoms with Gasteiger partial charge in [0.2, 0.25) is 5.91 Å². The molecule has 4 rings (SSSR count). The number of hydrogen-bond acceptors (Lipinski definition) is 5. The molecule has 2 atom stereocenters. The zero-order valence-electron chi connectivity index (χ0n) is 15.0. The lowest BCUT2D eigenvalue weighted by molar-refractivity contribution is -0.123. The topological polar surface area (TPSA) is 101 Å². The number of benzene rings is 1. The molecule has 0 bridgehead atoms. The van der Waals surface area contributed by atoms with Crippen molar-refractivity contribution in [2.75, 3.05) is 6.54 Å². The minimum absolute atomic E-state index is 0.0347. The fourth-order valence-electron chi connectivity index (χ4n) is 3.58. The Hall–Kier alpha value is -2.88. The molecule has 0 aliphatic carbocycles. The van der Waals surface area contributed by atoms with Crippen molar-refractivity contribution in [2.45, 2.75) is 44.4 Å². The third-order valence-electron chi connectivity index (χ3n) is 5.07. The van der Waals surface area contributed by atoms with E-state index >= 15 is 0 Å². The Morgan fingerprint density at radius 2 is 2.11 bits per heavy atom. The summed E-state index contributed by atoms with van der Waals surface area (Å²) in [4.78, 5) is 24.6. The molecule has 148 valence electrons. The van der Waals surface area contributed by atoms with E-state index in [4.69, 9.17) is 0 Å². The van der Waals surface area contributed by atoms with Crippen LogP contribution in [-0.2, 0) is 24.3 Å². The molecule has 0 spiro atoms. The summed E-state index contributed by atoms with van der Waals surface area (Å²) in [5.41, 5.74) is 0.0347. The van der Waals surface area contributed by atoms with Crippen molar-refractivity contribution in [3.05, 3.63) is 47.0 Å². The number of carbonyl (C=O) groups is 2. The number of hydrogen-bond donors (Lipinski definition) is 3. The number of rotatable bonds is 5. The summed E-state index contributed by atoms with van der Waals surface area (Å²) in [6.45, 7) is 1.58. The van der Waals surface area contributed by atoms with E-state index in [0.29, 0.717) is 19.5 Å². The van der Waals surface area contributed by atoms with Crippen LogP contribution < -0.4 is 16.0 Å². The Balaban J connectivity index is 1.28. The highest BCUT2D eigenvalue weighted by Crippen LogP contribution is 2.14. The maximum absolute atomic E-state index is 13.3. The highest BCUT2D eigenvalue weighted by Gasteiger charge is 2.31. The summed E-state index contributed by atoms with van der Waals surface area (Å²) in [7, 11) is 0. The minimum atomic E-state index is -1.07. The zero-order chi connectivity index (χ0) is 19.7. The van der Waals surface area contributed by atoms with Crippen LogP contribution >= 0.6 is 0 Å². The van der Waals surface area contributed by atoms with Gasteiger partial charge in [-0.15, -0.1) is 10.2 Å². The molecule has 1 aromatic heterocycles. The summed E-state index contributed by atoms with van der Waals surface area (Å²) < 4.78 is 28.3. The van der Waals surface area contributed by atoms with Crippen LogP contribution in [0, 0.1) is 11.6 Å². The predicted octanol–water partition coefficient (Wildman–Crippen LogP) is 0.279. The van der Waals surface area contributed by atoms with Gasteiger partial charge in [-0.05, 0) is 31.0 Å². The maximum atomic E-state index is 13.3. The van der Waals surface area contributed by atoms with Gasteiger partial charge in [0, 0.05) is 31.1 Å². The predicted molar refractivity (Wildman–Crippen MR) is 94.2 cm³/mol. The average Bonchev–Trinajstić information content (AvgIpc) is 3.39. The van der Waals surface area contributed by atoms with Gasteiger partial charge in [-0.1, -0.05) is 0 Å². The molecule has 2 aliphatic rings. The summed E-state index contributed by atoms with van der Waals surface area (Å²) in [6, 6.07) is 2.25. The van der Waals surface area contributed by atoms with Crippen LogP contribution in [0.2, 0.25) is 0 Å². The second-order valence-electron chi connectivity index (χ2n) is 7.00. The van der Waals surface area contributed by atoms with Crippen LogP contribution in [0.25, 0.3) is 0 Å². The van der Waals surface area contributed by atoms with E-state index < -0.39 is 23.6 Å². The molecule has 8 nitrogen and oxygen atoms in total. The first kappa shape index (κ1) is 18.5. The summed E-state index contributed by atoms with van der Waals surface area (Å²) in [5, 5.41) is 16.8. The van der Waals surface area contributed by atoms with Crippen molar-refractivity contribution in [1.29, 1.82) is 0 Å². The van der Waals surface area contributed by atoms with Gasteiger partial charge in [0.15, 0.2) is 17.5 Å². The van der Waals surface area contributed by atoms with Gasteiger partial charge >= 0.3 is 0 Å². The van der Waals surface area contributed by atoms with Gasteiger partial charge in [0.1, 0.15) is 5.82 Å². The molecule has 3 N–H and O–H groups in total. The van der Waals surface area contributed by atoms with Crippen molar-refractivity contribution >= 4 is 11.8 Å². The standard InChI is InChI=1S/C18H20F2N6O2/c19-12-4-3-10(6-13(12)20)17(27)23-11-7-14(21-8-11)18(28)22-9-16-25-24-15-2-1-5-26(15)16/h3-4,6,11,14,21H,1-2,5,7-9H2,(H,22,28)(H,23,27)/t11-,14+/m1/s1. The lowest BCUT2D eigenvalue weighted by atomic mass is 10.1. The fourth-order valence-corrected chi connectivity index (χ4v) is 3.58. The quantitative estimate of drug-likeness (QED) is 0.681. The molecule has 2 aliphatic heterocycles. The number of nitrogens with one attached hydrogen (secondary N) is 3. The van der Waals surface area contributed by atoms with Gasteiger partial charge in [0.25, 0.3) is 5.91 Å². The van der Waals surface area contributed by atoms with E-state index in [-0.39, 0.29) is 17.5 Å². The third-order valence-corrected chi connectivity index (χ3v) is 5.07. The first-order valence-electron chi connectivity index (χ1n) is 9.19. The SMILES string of the molecule is O=C(N[C@H]1CN[C@H](C(=O)NCc2nnc3n2CCC3)C1)c1ccc(F)c(F)c1. The second-order valence-corrected chi connectivity index (χ2v) is 7.00. The summed E-state index contributed by atoms with van der Waals surface area (Å²) in [6.07, 6.45) is 2.35. The van der Waals surface area contributed by atoms with Gasteiger partial charge < -0.3 is 20.5 Å². The number of nitrogens with zero attached hydrogens (tertiary/aromatic N) is 3. The summed E-state index contributed by atoms with van der Waals surface area (Å²) >= 11 is 0. The molecule has 10 heteroatoms. The molecular formula is C18H20F2N6O2. The van der Waals surface area contributed by atoms with Crippen molar-refractivity contribution < 1.29 is 18.4 Å². The van der Waals surface area contributed by atoms with Gasteiger partial charge in [-0.25, -0.2) is 8.78 Å². The van der Waals surface area contributed by atoms with Crippen molar-refractivity contribution in [1.82, 2.24) is 30.7 Å². The third kappa shape index (κ3) is 3.72. The lowest BCUT2D eigenvalue weighted by Crippen LogP contribution is -2.40. The van der Waals surface area contributed by atoms with Crippen LogP contribution in [0.5, 0.6) is 0 Å². The monoisotopic (exact) mass is 390 g/mol. The van der Waals surface area contributed by atoms with E-state index in [0.717, 1.165) is 43.2 Å². The van der Waals surface area contributed by atoms with Gasteiger partial charge in [0.05, 0.1) is 12.6 Å². The second kappa shape index (κ2) is 7.63. The Morgan fingerprint density at radius 3 is 2.93 bits per heavy atom. The first-order chi connectivity index (χ1) is 13.5. The van der Waals surface area contributed by atoms with Gasteiger partial charge in [-0.3, -0.25) is 9.59 Å². The molecular weight excluding hydrogens is 370 g/mol.